The molecule has 7 heteroatoms. The number of benzene rings is 1. The zero-order valence-electron chi connectivity index (χ0n) is 11.3. The van der Waals surface area contributed by atoms with E-state index in [4.69, 9.17) is 23.2 Å². The van der Waals surface area contributed by atoms with E-state index in [1.54, 1.807) is 42.6 Å². The fraction of sp³-hybridized carbons (Fsp3) is 0.125. The van der Waals surface area contributed by atoms with Crippen LogP contribution in [-0.2, 0) is 6.61 Å². The second-order valence-electron chi connectivity index (χ2n) is 4.61. The van der Waals surface area contributed by atoms with E-state index in [0.717, 1.165) is 0 Å². The third kappa shape index (κ3) is 3.47. The largest absolute Gasteiger partial charge is 0.391 e. The molecule has 23 heavy (non-hydrogen) atoms. The Kier molecular flexibility index (Phi) is 5.26. The lowest BCUT2D eigenvalue weighted by Crippen LogP contribution is -2.21. The summed E-state index contributed by atoms with van der Waals surface area (Å²) < 4.78 is 1.38. The highest BCUT2D eigenvalue weighted by atomic mass is 35.5. The Morgan fingerprint density at radius 1 is 1.17 bits per heavy atom. The van der Waals surface area contributed by atoms with Crippen LogP contribution < -0.4 is 10.9 Å². The van der Waals surface area contributed by atoms with E-state index in [1.165, 1.54) is 4.40 Å². The maximum absolute atomic E-state index is 12.4. The summed E-state index contributed by atoms with van der Waals surface area (Å²) in [6, 6.07) is 10.1. The van der Waals surface area contributed by atoms with Gasteiger partial charge in [-0.2, -0.15) is 0 Å². The first-order valence-electron chi connectivity index (χ1n) is 6.43. The number of nitrogens with zero attached hydrogens (tertiary/aromatic N) is 2. The molecule has 2 aromatic heterocycles. The summed E-state index contributed by atoms with van der Waals surface area (Å²) in [6.45, 7) is -0.430. The normalized spacial score (nSPS) is 10.4. The number of nitrogens with one attached hydrogen (secondary N) is 1. The van der Waals surface area contributed by atoms with Crippen molar-refractivity contribution < 1.29 is 5.11 Å². The predicted octanol–water partition coefficient (Wildman–Crippen LogP) is 3.87. The fourth-order valence-corrected chi connectivity index (χ4v) is 2.66. The van der Waals surface area contributed by atoms with Crippen LogP contribution in [0.25, 0.3) is 5.65 Å². The van der Waals surface area contributed by atoms with Gasteiger partial charge in [-0.15, -0.1) is 0 Å². The molecular weight excluding hydrogens is 337 g/mol. The topological polar surface area (TPSA) is 66.6 Å². The summed E-state index contributed by atoms with van der Waals surface area (Å²) in [7, 11) is 0. The van der Waals surface area contributed by atoms with E-state index in [2.05, 4.69) is 10.3 Å². The highest BCUT2D eigenvalue weighted by molar-refractivity contribution is 6.35. The van der Waals surface area contributed by atoms with Gasteiger partial charge >= 0.3 is 0 Å². The first-order valence-corrected chi connectivity index (χ1v) is 7.18. The highest BCUT2D eigenvalue weighted by Crippen LogP contribution is 2.25. The average Bonchev–Trinajstić information content (AvgIpc) is 2.46. The van der Waals surface area contributed by atoms with Gasteiger partial charge in [0, 0.05) is 21.9 Å². The molecule has 0 atom stereocenters. The minimum absolute atomic E-state index is 0. The number of aliphatic hydroxyl groups is 1. The first-order chi connectivity index (χ1) is 10.6. The van der Waals surface area contributed by atoms with Gasteiger partial charge in [-0.05, 0) is 30.3 Å². The molecule has 0 unspecified atom stereocenters. The number of anilines is 2. The molecule has 0 bridgehead atoms. The van der Waals surface area contributed by atoms with Gasteiger partial charge in [-0.3, -0.25) is 9.20 Å². The molecular formula is C16H15Cl2N3O2. The molecule has 0 spiro atoms. The molecule has 0 fully saturated rings. The number of rotatable bonds is 3. The fourth-order valence-electron chi connectivity index (χ4n) is 2.13. The van der Waals surface area contributed by atoms with E-state index in [9.17, 15) is 9.90 Å². The van der Waals surface area contributed by atoms with Crippen molar-refractivity contribution in [1.29, 1.82) is 0 Å². The highest BCUT2D eigenvalue weighted by Gasteiger charge is 2.12. The molecule has 0 saturated heterocycles. The van der Waals surface area contributed by atoms with E-state index in [1.807, 2.05) is 0 Å². The van der Waals surface area contributed by atoms with Gasteiger partial charge in [0.05, 0.1) is 12.2 Å². The minimum atomic E-state index is -0.430. The lowest BCUT2D eigenvalue weighted by atomic mass is 10.2. The third-order valence-corrected chi connectivity index (χ3v) is 3.55. The van der Waals surface area contributed by atoms with Crippen LogP contribution in [0.1, 0.15) is 13.0 Å². The van der Waals surface area contributed by atoms with Crippen LogP contribution in [-0.4, -0.2) is 14.5 Å². The SMILES string of the molecule is C.O=c1c(CO)c(Nc2cc(Cl)cc(Cl)c2)nc2ccccn12. The summed E-state index contributed by atoms with van der Waals surface area (Å²) in [5, 5.41) is 13.4. The maximum Gasteiger partial charge on any atom is 0.265 e. The van der Waals surface area contributed by atoms with E-state index in [0.29, 0.717) is 21.4 Å². The lowest BCUT2D eigenvalue weighted by Gasteiger charge is -2.11. The number of hydrogen-bond acceptors (Lipinski definition) is 4. The number of fused-ring (bicyclic) bond motifs is 1. The molecule has 5 nitrogen and oxygen atoms in total. The summed E-state index contributed by atoms with van der Waals surface area (Å²) in [4.78, 5) is 16.7. The standard InChI is InChI=1S/C15H11Cl2N3O2.CH4/c16-9-5-10(17)7-11(6-9)18-14-12(8-21)15(22)20-4-2-1-3-13(20)19-14;/h1-7,18,21H,8H2;1H4. The number of aliphatic hydroxyl groups excluding tert-OH is 1. The van der Waals surface area contributed by atoms with Crippen molar-refractivity contribution in [2.45, 2.75) is 14.0 Å². The second-order valence-corrected chi connectivity index (χ2v) is 5.49. The Labute approximate surface area is 143 Å². The molecule has 0 aliphatic carbocycles. The predicted molar refractivity (Wildman–Crippen MR) is 93.9 cm³/mol. The van der Waals surface area contributed by atoms with E-state index in [-0.39, 0.29) is 24.4 Å². The Bertz CT molecular complexity index is 889. The van der Waals surface area contributed by atoms with Crippen LogP contribution in [0.2, 0.25) is 10.0 Å². The van der Waals surface area contributed by atoms with Gasteiger partial charge in [0.1, 0.15) is 11.5 Å². The Balaban J connectivity index is 0.00000192. The van der Waals surface area contributed by atoms with Gasteiger partial charge in [0.2, 0.25) is 0 Å². The van der Waals surface area contributed by atoms with Crippen molar-refractivity contribution in [3.8, 4) is 0 Å². The van der Waals surface area contributed by atoms with Gasteiger partial charge < -0.3 is 10.4 Å². The second kappa shape index (κ2) is 7.00. The molecule has 0 saturated carbocycles. The van der Waals surface area contributed by atoms with Gasteiger partial charge in [0.25, 0.3) is 5.56 Å². The Hall–Kier alpha value is -2.08. The zero-order valence-corrected chi connectivity index (χ0v) is 12.8. The summed E-state index contributed by atoms with van der Waals surface area (Å²) >= 11 is 11.9. The molecule has 0 aliphatic rings. The minimum Gasteiger partial charge on any atom is -0.391 e. The van der Waals surface area contributed by atoms with E-state index >= 15 is 0 Å². The van der Waals surface area contributed by atoms with Crippen molar-refractivity contribution in [2.24, 2.45) is 0 Å². The molecule has 0 amide bonds. The summed E-state index contributed by atoms with van der Waals surface area (Å²) in [6.07, 6.45) is 1.60. The van der Waals surface area contributed by atoms with Crippen molar-refractivity contribution in [3.05, 3.63) is 68.6 Å². The molecule has 3 rings (SSSR count). The van der Waals surface area contributed by atoms with Crippen LogP contribution in [0.5, 0.6) is 0 Å². The number of pyridine rings is 1. The van der Waals surface area contributed by atoms with Crippen LogP contribution in [0.15, 0.2) is 47.4 Å². The Morgan fingerprint density at radius 2 is 1.87 bits per heavy atom. The van der Waals surface area contributed by atoms with Crippen molar-refractivity contribution in [2.75, 3.05) is 5.32 Å². The van der Waals surface area contributed by atoms with Crippen LogP contribution in [0, 0.1) is 0 Å². The van der Waals surface area contributed by atoms with Gasteiger partial charge in [0.15, 0.2) is 0 Å². The first kappa shape index (κ1) is 17.3. The molecule has 2 N–H and O–H groups in total. The molecule has 120 valence electrons. The average molecular weight is 352 g/mol. The van der Waals surface area contributed by atoms with Gasteiger partial charge in [-0.25, -0.2) is 4.98 Å². The Morgan fingerprint density at radius 3 is 2.52 bits per heavy atom. The monoisotopic (exact) mass is 351 g/mol. The summed E-state index contributed by atoms with van der Waals surface area (Å²) in [5.41, 5.74) is 0.892. The van der Waals surface area contributed by atoms with Crippen LogP contribution in [0.4, 0.5) is 11.5 Å². The number of aromatic nitrogens is 2. The zero-order chi connectivity index (χ0) is 15.7. The molecule has 2 heterocycles. The lowest BCUT2D eigenvalue weighted by molar-refractivity contribution is 0.280. The van der Waals surface area contributed by atoms with E-state index < -0.39 is 6.61 Å². The van der Waals surface area contributed by atoms with Crippen LogP contribution >= 0.6 is 23.2 Å². The van der Waals surface area contributed by atoms with Crippen molar-refractivity contribution >= 4 is 40.4 Å². The number of hydrogen-bond donors (Lipinski definition) is 2. The maximum atomic E-state index is 12.4. The molecule has 0 radical (unpaired) electrons. The summed E-state index contributed by atoms with van der Waals surface area (Å²) in [5.74, 6) is 0.275. The smallest absolute Gasteiger partial charge is 0.265 e. The quantitative estimate of drug-likeness (QED) is 0.751. The van der Waals surface area contributed by atoms with Gasteiger partial charge in [-0.1, -0.05) is 36.7 Å². The number of halogens is 2. The molecule has 0 aliphatic heterocycles. The van der Waals surface area contributed by atoms with Crippen molar-refractivity contribution in [3.63, 3.8) is 0 Å². The molecule has 3 aromatic rings. The van der Waals surface area contributed by atoms with Crippen LogP contribution in [0.3, 0.4) is 0 Å². The third-order valence-electron chi connectivity index (χ3n) is 3.11. The van der Waals surface area contributed by atoms with Crippen molar-refractivity contribution in [1.82, 2.24) is 9.38 Å². The molecule has 1 aromatic carbocycles.